The number of rotatable bonds is 4. The molecule has 0 saturated carbocycles. The monoisotopic (exact) mass is 274 g/mol. The summed E-state index contributed by atoms with van der Waals surface area (Å²) in [5, 5.41) is 8.16. The summed E-state index contributed by atoms with van der Waals surface area (Å²) in [6, 6.07) is 11.2. The molecule has 0 aliphatic heterocycles. The molecule has 0 atom stereocenters. The van der Waals surface area contributed by atoms with Gasteiger partial charge in [-0.25, -0.2) is 4.98 Å². The van der Waals surface area contributed by atoms with Gasteiger partial charge in [0.25, 0.3) is 0 Å². The molecule has 1 aromatic carbocycles. The predicted octanol–water partition coefficient (Wildman–Crippen LogP) is 2.66. The van der Waals surface area contributed by atoms with Crippen molar-refractivity contribution in [1.29, 1.82) is 5.41 Å². The van der Waals surface area contributed by atoms with Crippen molar-refractivity contribution in [3.63, 3.8) is 0 Å². The Labute approximate surface area is 117 Å². The van der Waals surface area contributed by atoms with Crippen LogP contribution in [0.2, 0.25) is 5.02 Å². The van der Waals surface area contributed by atoms with Gasteiger partial charge in [-0.05, 0) is 29.8 Å². The first kappa shape index (κ1) is 13.4. The second-order valence-corrected chi connectivity index (χ2v) is 4.74. The van der Waals surface area contributed by atoms with E-state index in [4.69, 9.17) is 22.7 Å². The topological polar surface area (TPSA) is 66.0 Å². The van der Waals surface area contributed by atoms with Gasteiger partial charge in [0.2, 0.25) is 0 Å². The Kier molecular flexibility index (Phi) is 4.02. The molecule has 98 valence electrons. The van der Waals surface area contributed by atoms with Crippen LogP contribution in [-0.4, -0.2) is 17.9 Å². The molecule has 0 bridgehead atoms. The lowest BCUT2D eigenvalue weighted by atomic mass is 10.2. The molecule has 0 unspecified atom stereocenters. The van der Waals surface area contributed by atoms with Gasteiger partial charge >= 0.3 is 0 Å². The summed E-state index contributed by atoms with van der Waals surface area (Å²) in [5.74, 6) is 0.825. The molecule has 1 heterocycles. The highest BCUT2D eigenvalue weighted by Crippen LogP contribution is 2.15. The number of benzene rings is 1. The van der Waals surface area contributed by atoms with Gasteiger partial charge in [0.05, 0.1) is 0 Å². The molecule has 0 saturated heterocycles. The fourth-order valence-electron chi connectivity index (χ4n) is 1.74. The molecular weight excluding hydrogens is 260 g/mol. The van der Waals surface area contributed by atoms with Crippen molar-refractivity contribution < 1.29 is 0 Å². The van der Waals surface area contributed by atoms with Gasteiger partial charge in [-0.15, -0.1) is 0 Å². The average molecular weight is 275 g/mol. The zero-order chi connectivity index (χ0) is 13.8. The van der Waals surface area contributed by atoms with E-state index in [1.54, 1.807) is 18.3 Å². The van der Waals surface area contributed by atoms with E-state index in [2.05, 4.69) is 4.98 Å². The van der Waals surface area contributed by atoms with E-state index in [0.29, 0.717) is 12.1 Å². The summed E-state index contributed by atoms with van der Waals surface area (Å²) >= 11 is 5.86. The Morgan fingerprint density at radius 1 is 1.32 bits per heavy atom. The van der Waals surface area contributed by atoms with Crippen LogP contribution in [0.15, 0.2) is 42.6 Å². The molecule has 2 rings (SSSR count). The lowest BCUT2D eigenvalue weighted by Gasteiger charge is -2.18. The lowest BCUT2D eigenvalue weighted by molar-refractivity contribution is 0.897. The van der Waals surface area contributed by atoms with Crippen LogP contribution < -0.4 is 10.6 Å². The number of nitrogens with zero attached hydrogens (tertiary/aromatic N) is 2. The van der Waals surface area contributed by atoms with Crippen LogP contribution in [0, 0.1) is 5.41 Å². The van der Waals surface area contributed by atoms with Gasteiger partial charge in [0.15, 0.2) is 0 Å². The van der Waals surface area contributed by atoms with Crippen molar-refractivity contribution in [2.24, 2.45) is 5.73 Å². The SMILES string of the molecule is CN(Cc1ccc(Cl)cc1)c1cc(C(=N)N)ccn1. The minimum Gasteiger partial charge on any atom is -0.384 e. The third kappa shape index (κ3) is 3.45. The van der Waals surface area contributed by atoms with Crippen LogP contribution in [0.25, 0.3) is 0 Å². The van der Waals surface area contributed by atoms with E-state index in [9.17, 15) is 0 Å². The Morgan fingerprint density at radius 3 is 2.63 bits per heavy atom. The summed E-state index contributed by atoms with van der Waals surface area (Å²) in [5.41, 5.74) is 7.29. The van der Waals surface area contributed by atoms with E-state index in [-0.39, 0.29) is 5.84 Å². The van der Waals surface area contributed by atoms with E-state index in [0.717, 1.165) is 16.4 Å². The van der Waals surface area contributed by atoms with E-state index >= 15 is 0 Å². The molecule has 0 amide bonds. The zero-order valence-corrected chi connectivity index (χ0v) is 11.4. The van der Waals surface area contributed by atoms with E-state index < -0.39 is 0 Å². The number of aromatic nitrogens is 1. The minimum atomic E-state index is 0.0449. The second kappa shape index (κ2) is 5.71. The molecule has 1 aromatic heterocycles. The number of hydrogen-bond acceptors (Lipinski definition) is 3. The van der Waals surface area contributed by atoms with Crippen LogP contribution in [0.5, 0.6) is 0 Å². The molecule has 4 nitrogen and oxygen atoms in total. The summed E-state index contributed by atoms with van der Waals surface area (Å²) in [6.45, 7) is 0.714. The van der Waals surface area contributed by atoms with Gasteiger partial charge < -0.3 is 10.6 Å². The number of nitrogen functional groups attached to an aromatic ring is 1. The number of nitrogens with one attached hydrogen (secondary N) is 1. The Balaban J connectivity index is 2.15. The summed E-state index contributed by atoms with van der Waals surface area (Å²) in [6.07, 6.45) is 1.66. The van der Waals surface area contributed by atoms with Crippen LogP contribution in [-0.2, 0) is 6.54 Å². The van der Waals surface area contributed by atoms with Crippen molar-refractivity contribution >= 4 is 23.3 Å². The molecule has 0 aliphatic carbocycles. The average Bonchev–Trinajstić information content (AvgIpc) is 2.41. The highest BCUT2D eigenvalue weighted by molar-refractivity contribution is 6.30. The van der Waals surface area contributed by atoms with Gasteiger partial charge in [0, 0.05) is 30.4 Å². The number of nitrogens with two attached hydrogens (primary N) is 1. The van der Waals surface area contributed by atoms with Gasteiger partial charge in [-0.1, -0.05) is 23.7 Å². The van der Waals surface area contributed by atoms with Crippen LogP contribution in [0.1, 0.15) is 11.1 Å². The standard InChI is InChI=1S/C14H15ClN4/c1-19(9-10-2-4-12(15)5-3-10)13-8-11(14(16)17)6-7-18-13/h2-8H,9H2,1H3,(H3,16,17). The summed E-state index contributed by atoms with van der Waals surface area (Å²) in [4.78, 5) is 6.28. The third-order valence-corrected chi connectivity index (χ3v) is 3.03. The first-order chi connectivity index (χ1) is 9.06. The molecular formula is C14H15ClN4. The quantitative estimate of drug-likeness (QED) is 0.665. The largest absolute Gasteiger partial charge is 0.384 e. The Hall–Kier alpha value is -2.07. The molecule has 2 aromatic rings. The first-order valence-electron chi connectivity index (χ1n) is 5.82. The molecule has 3 N–H and O–H groups in total. The summed E-state index contributed by atoms with van der Waals surface area (Å²) in [7, 11) is 1.95. The smallest absolute Gasteiger partial charge is 0.129 e. The molecule has 0 aliphatic rings. The minimum absolute atomic E-state index is 0.0449. The van der Waals surface area contributed by atoms with E-state index in [1.807, 2.05) is 36.2 Å². The molecule has 0 spiro atoms. The van der Waals surface area contributed by atoms with Gasteiger partial charge in [0.1, 0.15) is 11.7 Å². The maximum Gasteiger partial charge on any atom is 0.129 e. The van der Waals surface area contributed by atoms with Crippen molar-refractivity contribution in [3.05, 3.63) is 58.7 Å². The fourth-order valence-corrected chi connectivity index (χ4v) is 1.87. The van der Waals surface area contributed by atoms with Gasteiger partial charge in [-0.2, -0.15) is 0 Å². The normalized spacial score (nSPS) is 10.2. The fraction of sp³-hybridized carbons (Fsp3) is 0.143. The Bertz CT molecular complexity index is 580. The number of halogens is 1. The number of hydrogen-bond donors (Lipinski definition) is 2. The number of pyridine rings is 1. The first-order valence-corrected chi connectivity index (χ1v) is 6.20. The third-order valence-electron chi connectivity index (χ3n) is 2.78. The lowest BCUT2D eigenvalue weighted by Crippen LogP contribution is -2.19. The molecule has 19 heavy (non-hydrogen) atoms. The number of anilines is 1. The predicted molar refractivity (Wildman–Crippen MR) is 78.8 cm³/mol. The van der Waals surface area contributed by atoms with Crippen molar-refractivity contribution in [1.82, 2.24) is 4.98 Å². The number of amidine groups is 1. The Morgan fingerprint density at radius 2 is 2.00 bits per heavy atom. The van der Waals surface area contributed by atoms with Crippen LogP contribution in [0.4, 0.5) is 5.82 Å². The highest BCUT2D eigenvalue weighted by Gasteiger charge is 2.06. The summed E-state index contributed by atoms with van der Waals surface area (Å²) < 4.78 is 0. The van der Waals surface area contributed by atoms with Crippen molar-refractivity contribution in [2.75, 3.05) is 11.9 Å². The maximum atomic E-state index is 7.43. The van der Waals surface area contributed by atoms with Crippen molar-refractivity contribution in [3.8, 4) is 0 Å². The van der Waals surface area contributed by atoms with Gasteiger partial charge in [-0.3, -0.25) is 5.41 Å². The molecule has 5 heteroatoms. The second-order valence-electron chi connectivity index (χ2n) is 4.30. The van der Waals surface area contributed by atoms with Crippen molar-refractivity contribution in [2.45, 2.75) is 6.54 Å². The van der Waals surface area contributed by atoms with Crippen LogP contribution in [0.3, 0.4) is 0 Å². The molecule has 0 radical (unpaired) electrons. The van der Waals surface area contributed by atoms with Crippen LogP contribution >= 0.6 is 11.6 Å². The highest BCUT2D eigenvalue weighted by atomic mass is 35.5. The maximum absolute atomic E-state index is 7.43. The zero-order valence-electron chi connectivity index (χ0n) is 10.6. The molecule has 0 fully saturated rings. The van der Waals surface area contributed by atoms with E-state index in [1.165, 1.54) is 0 Å².